The number of piperidine rings is 1. The van der Waals surface area contributed by atoms with E-state index in [2.05, 4.69) is 42.5 Å². The number of benzene rings is 2. The lowest BCUT2D eigenvalue weighted by Crippen LogP contribution is -2.54. The van der Waals surface area contributed by atoms with Gasteiger partial charge in [0.15, 0.2) is 0 Å². The number of aromatic hydroxyl groups is 1. The van der Waals surface area contributed by atoms with Gasteiger partial charge in [-0.15, -0.1) is 0 Å². The Morgan fingerprint density at radius 3 is 2.43 bits per heavy atom. The molecule has 2 aliphatic heterocycles. The number of likely N-dealkylation sites (tertiary alicyclic amines) is 1. The van der Waals surface area contributed by atoms with Gasteiger partial charge in [0.2, 0.25) is 0 Å². The Labute approximate surface area is 219 Å². The van der Waals surface area contributed by atoms with E-state index >= 15 is 0 Å². The predicted octanol–water partition coefficient (Wildman–Crippen LogP) is 4.18. The lowest BCUT2D eigenvalue weighted by atomic mass is 10.0. The van der Waals surface area contributed by atoms with Gasteiger partial charge in [0.05, 0.1) is 8.95 Å². The number of hydrogen-bond acceptors (Lipinski definition) is 4. The molecule has 9 nitrogen and oxygen atoms in total. The van der Waals surface area contributed by atoms with Gasteiger partial charge in [-0.25, -0.2) is 14.4 Å². The number of carboxylic acid groups (broad SMARTS) is 1. The summed E-state index contributed by atoms with van der Waals surface area (Å²) in [6.45, 7) is 1.46. The van der Waals surface area contributed by atoms with Gasteiger partial charge < -0.3 is 30.6 Å². The molecule has 4 N–H and O–H groups in total. The first-order chi connectivity index (χ1) is 16.7. The molecule has 186 valence electrons. The monoisotopic (exact) mass is 608 g/mol. The Hall–Kier alpha value is -2.79. The van der Waals surface area contributed by atoms with E-state index in [-0.39, 0.29) is 24.2 Å². The van der Waals surface area contributed by atoms with Crippen molar-refractivity contribution in [1.29, 1.82) is 0 Å². The molecule has 4 rings (SSSR count). The molecule has 0 spiro atoms. The third kappa shape index (κ3) is 5.90. The molecule has 4 amide bonds. The fourth-order valence-corrected chi connectivity index (χ4v) is 5.81. The molecule has 0 radical (unpaired) electrons. The third-order valence-corrected chi connectivity index (χ3v) is 7.66. The summed E-state index contributed by atoms with van der Waals surface area (Å²) >= 11 is 6.48. The van der Waals surface area contributed by atoms with Gasteiger partial charge in [-0.1, -0.05) is 18.2 Å². The normalized spacial score (nSPS) is 17.3. The van der Waals surface area contributed by atoms with Gasteiger partial charge >= 0.3 is 18.0 Å². The van der Waals surface area contributed by atoms with Gasteiger partial charge in [-0.3, -0.25) is 0 Å². The van der Waals surface area contributed by atoms with Crippen LogP contribution in [0, 0.1) is 0 Å². The van der Waals surface area contributed by atoms with Crippen LogP contribution < -0.4 is 10.6 Å². The number of aliphatic carboxylic acids is 1. The maximum Gasteiger partial charge on any atom is 0.326 e. The Morgan fingerprint density at radius 2 is 1.77 bits per heavy atom. The van der Waals surface area contributed by atoms with Crippen molar-refractivity contribution in [3.05, 3.63) is 56.5 Å². The first-order valence-corrected chi connectivity index (χ1v) is 12.9. The summed E-state index contributed by atoms with van der Waals surface area (Å²) in [6, 6.07) is 9.33. The average molecular weight is 610 g/mol. The first kappa shape index (κ1) is 25.3. The van der Waals surface area contributed by atoms with E-state index in [0.29, 0.717) is 47.0 Å². The lowest BCUT2D eigenvalue weighted by molar-refractivity contribution is -0.139. The summed E-state index contributed by atoms with van der Waals surface area (Å²) < 4.78 is 0.861. The van der Waals surface area contributed by atoms with Crippen LogP contribution in [0.1, 0.15) is 24.0 Å². The van der Waals surface area contributed by atoms with E-state index in [9.17, 15) is 24.6 Å². The molecule has 11 heteroatoms. The van der Waals surface area contributed by atoms with Crippen LogP contribution in [0.2, 0.25) is 0 Å². The third-order valence-electron chi connectivity index (χ3n) is 6.45. The molecule has 0 aromatic heterocycles. The molecular weight excluding hydrogens is 584 g/mol. The van der Waals surface area contributed by atoms with Crippen LogP contribution in [0.3, 0.4) is 0 Å². The second-order valence-electron chi connectivity index (χ2n) is 8.70. The maximum absolute atomic E-state index is 12.8. The fraction of sp³-hybridized carbons (Fsp3) is 0.375. The number of phenols is 1. The number of nitrogens with zero attached hydrogens (tertiary/aromatic N) is 2. The molecule has 0 unspecified atom stereocenters. The molecule has 0 saturated carbocycles. The summed E-state index contributed by atoms with van der Waals surface area (Å²) in [4.78, 5) is 40.9. The van der Waals surface area contributed by atoms with Crippen molar-refractivity contribution >= 4 is 55.6 Å². The molecule has 2 aromatic carbocycles. The highest BCUT2D eigenvalue weighted by atomic mass is 79.9. The number of phenolic OH excluding ortho intramolecular Hbond substituents is 1. The minimum Gasteiger partial charge on any atom is -0.506 e. The predicted molar refractivity (Wildman–Crippen MR) is 138 cm³/mol. The van der Waals surface area contributed by atoms with Crippen molar-refractivity contribution < 1.29 is 24.6 Å². The quantitative estimate of drug-likeness (QED) is 0.405. The Bertz CT molecular complexity index is 1110. The number of carbonyl (C=O) groups excluding carboxylic acids is 2. The number of carbonyl (C=O) groups is 3. The number of fused-ring (bicyclic) bond motifs is 1. The number of urea groups is 2. The standard InChI is InChI=1S/C24H26Br2N4O5/c25-17-11-14(12-18(26)21(17)31)13-20(22(32)33)28-23(34)29-8-6-16(7-9-29)30-10-5-15-3-1-2-4-19(15)27-24(30)35/h1-4,11-12,16,20,31H,5-10,13H2,(H,27,35)(H,28,34)(H,32,33)/t20-/m1/s1. The topological polar surface area (TPSA) is 122 Å². The van der Waals surface area contributed by atoms with Gasteiger partial charge in [0.25, 0.3) is 0 Å². The fourth-order valence-electron chi connectivity index (χ4n) is 4.53. The number of nitrogens with one attached hydrogen (secondary N) is 2. The van der Waals surface area contributed by atoms with E-state index in [4.69, 9.17) is 0 Å². The van der Waals surface area contributed by atoms with Crippen LogP contribution >= 0.6 is 31.9 Å². The van der Waals surface area contributed by atoms with Crippen molar-refractivity contribution in [3.8, 4) is 5.75 Å². The Balaban J connectivity index is 1.33. The van der Waals surface area contributed by atoms with Crippen LogP contribution in [-0.4, -0.2) is 69.8 Å². The number of para-hydroxylation sites is 1. The second-order valence-corrected chi connectivity index (χ2v) is 10.4. The first-order valence-electron chi connectivity index (χ1n) is 11.3. The van der Waals surface area contributed by atoms with Crippen molar-refractivity contribution in [3.63, 3.8) is 0 Å². The van der Waals surface area contributed by atoms with E-state index in [1.807, 2.05) is 29.2 Å². The zero-order valence-electron chi connectivity index (χ0n) is 18.8. The number of anilines is 1. The molecule has 0 bridgehead atoms. The SMILES string of the molecule is O=C(O)[C@@H](Cc1cc(Br)c(O)c(Br)c1)NC(=O)N1CCC(N2CCc3ccccc3NC2=O)CC1. The number of halogens is 2. The van der Waals surface area contributed by atoms with Crippen molar-refractivity contribution in [2.24, 2.45) is 0 Å². The molecule has 1 atom stereocenters. The van der Waals surface area contributed by atoms with E-state index in [0.717, 1.165) is 17.7 Å². The zero-order chi connectivity index (χ0) is 25.1. The minimum atomic E-state index is -1.14. The highest BCUT2D eigenvalue weighted by Crippen LogP contribution is 2.33. The maximum atomic E-state index is 12.8. The molecule has 1 saturated heterocycles. The summed E-state index contributed by atoms with van der Waals surface area (Å²) in [5.41, 5.74) is 2.58. The highest BCUT2D eigenvalue weighted by molar-refractivity contribution is 9.11. The van der Waals surface area contributed by atoms with E-state index in [1.165, 1.54) is 0 Å². The second kappa shape index (κ2) is 10.9. The van der Waals surface area contributed by atoms with Gasteiger partial charge in [0, 0.05) is 37.8 Å². The van der Waals surface area contributed by atoms with Crippen LogP contribution in [0.5, 0.6) is 5.75 Å². The average Bonchev–Trinajstić information content (AvgIpc) is 3.00. The van der Waals surface area contributed by atoms with Gasteiger partial charge in [-0.05, 0) is 80.4 Å². The van der Waals surface area contributed by atoms with Crippen LogP contribution in [0.15, 0.2) is 45.3 Å². The summed E-state index contributed by atoms with van der Waals surface area (Å²) in [7, 11) is 0. The molecule has 2 heterocycles. The molecule has 2 aliphatic rings. The van der Waals surface area contributed by atoms with Crippen molar-refractivity contribution in [2.75, 3.05) is 25.0 Å². The highest BCUT2D eigenvalue weighted by Gasteiger charge is 2.32. The smallest absolute Gasteiger partial charge is 0.326 e. The molecule has 2 aromatic rings. The summed E-state index contributed by atoms with van der Waals surface area (Å²) in [5.74, 6) is -1.12. The number of amides is 4. The van der Waals surface area contributed by atoms with E-state index in [1.54, 1.807) is 17.0 Å². The number of rotatable bonds is 5. The van der Waals surface area contributed by atoms with Crippen LogP contribution in [-0.2, 0) is 17.6 Å². The molecular formula is C24H26Br2N4O5. The zero-order valence-corrected chi connectivity index (χ0v) is 22.0. The van der Waals surface area contributed by atoms with Crippen molar-refractivity contribution in [1.82, 2.24) is 15.1 Å². The summed E-state index contributed by atoms with van der Waals surface area (Å²) in [5, 5.41) is 25.1. The Morgan fingerprint density at radius 1 is 1.11 bits per heavy atom. The number of carboxylic acids is 1. The lowest BCUT2D eigenvalue weighted by Gasteiger charge is -2.38. The van der Waals surface area contributed by atoms with Crippen LogP contribution in [0.4, 0.5) is 15.3 Å². The Kier molecular flexibility index (Phi) is 7.85. The summed E-state index contributed by atoms with van der Waals surface area (Å²) in [6.07, 6.45) is 2.06. The largest absolute Gasteiger partial charge is 0.506 e. The minimum absolute atomic E-state index is 0.00956. The van der Waals surface area contributed by atoms with Gasteiger partial charge in [0.1, 0.15) is 11.8 Å². The van der Waals surface area contributed by atoms with E-state index < -0.39 is 18.0 Å². The number of hydrogen-bond donors (Lipinski definition) is 4. The van der Waals surface area contributed by atoms with Crippen LogP contribution in [0.25, 0.3) is 0 Å². The molecule has 1 fully saturated rings. The van der Waals surface area contributed by atoms with Gasteiger partial charge in [-0.2, -0.15) is 0 Å². The molecule has 0 aliphatic carbocycles. The molecule has 35 heavy (non-hydrogen) atoms. The van der Waals surface area contributed by atoms with Crippen molar-refractivity contribution in [2.45, 2.75) is 37.8 Å².